The SMILES string of the molecule is C=C1NN(c2ccc(Cl)cc2)C(=O)[C@@]12CC(C)=C(C)CS2. The van der Waals surface area contributed by atoms with E-state index in [1.165, 1.54) is 11.1 Å². The number of thioether (sulfide) groups is 1. The van der Waals surface area contributed by atoms with Crippen molar-refractivity contribution in [3.63, 3.8) is 0 Å². The van der Waals surface area contributed by atoms with E-state index >= 15 is 0 Å². The maximum Gasteiger partial charge on any atom is 0.268 e. The molecule has 1 fully saturated rings. The second-order valence-corrected chi connectivity index (χ2v) is 7.27. The molecule has 1 aromatic rings. The third-order valence-electron chi connectivity index (χ3n) is 4.15. The van der Waals surface area contributed by atoms with Crippen molar-refractivity contribution in [3.8, 4) is 0 Å². The topological polar surface area (TPSA) is 32.3 Å². The summed E-state index contributed by atoms with van der Waals surface area (Å²) >= 11 is 7.57. The molecule has 110 valence electrons. The number of hydrogen-bond donors (Lipinski definition) is 1. The van der Waals surface area contributed by atoms with Crippen molar-refractivity contribution in [2.24, 2.45) is 0 Å². The molecule has 1 amide bonds. The molecular weight excluding hydrogens is 304 g/mol. The Hall–Kier alpha value is -1.39. The zero-order chi connectivity index (χ0) is 15.2. The number of amides is 1. The van der Waals surface area contributed by atoms with Gasteiger partial charge in [0.2, 0.25) is 0 Å². The maximum atomic E-state index is 13.0. The fraction of sp³-hybridized carbons (Fsp3) is 0.312. The van der Waals surface area contributed by atoms with Crippen LogP contribution in [0.25, 0.3) is 0 Å². The van der Waals surface area contributed by atoms with E-state index < -0.39 is 4.75 Å². The van der Waals surface area contributed by atoms with E-state index in [1.807, 2.05) is 12.1 Å². The second kappa shape index (κ2) is 5.11. The van der Waals surface area contributed by atoms with E-state index in [1.54, 1.807) is 28.9 Å². The molecule has 1 saturated heterocycles. The summed E-state index contributed by atoms with van der Waals surface area (Å²) in [4.78, 5) is 13.0. The smallest absolute Gasteiger partial charge is 0.268 e. The minimum absolute atomic E-state index is 0.0478. The molecule has 0 aromatic heterocycles. The summed E-state index contributed by atoms with van der Waals surface area (Å²) in [5, 5.41) is 2.24. The molecular formula is C16H17ClN2OS. The van der Waals surface area contributed by atoms with E-state index in [-0.39, 0.29) is 5.91 Å². The van der Waals surface area contributed by atoms with Crippen LogP contribution in [0.15, 0.2) is 47.7 Å². The summed E-state index contributed by atoms with van der Waals surface area (Å²) in [7, 11) is 0. The van der Waals surface area contributed by atoms with Gasteiger partial charge in [-0.2, -0.15) is 0 Å². The summed E-state index contributed by atoms with van der Waals surface area (Å²) in [6.07, 6.45) is 0.720. The van der Waals surface area contributed by atoms with Crippen LogP contribution in [0.4, 0.5) is 5.69 Å². The lowest BCUT2D eigenvalue weighted by molar-refractivity contribution is -0.118. The Morgan fingerprint density at radius 3 is 2.57 bits per heavy atom. The molecule has 0 saturated carbocycles. The minimum Gasteiger partial charge on any atom is -0.294 e. The molecule has 0 bridgehead atoms. The van der Waals surface area contributed by atoms with Gasteiger partial charge < -0.3 is 0 Å². The molecule has 1 N–H and O–H groups in total. The van der Waals surface area contributed by atoms with Crippen molar-refractivity contribution in [2.75, 3.05) is 10.8 Å². The van der Waals surface area contributed by atoms with Crippen molar-refractivity contribution in [3.05, 3.63) is 52.7 Å². The summed E-state index contributed by atoms with van der Waals surface area (Å²) in [5.74, 6) is 0.916. The lowest BCUT2D eigenvalue weighted by Gasteiger charge is -2.31. The standard InChI is InChI=1S/C16H17ClN2OS/c1-10-8-16(21-9-11(10)2)12(3)18-19(15(16)20)14-6-4-13(17)5-7-14/h4-7,18H,3,8-9H2,1-2H3/t16-/m1/s1. The number of carbonyl (C=O) groups is 1. The molecule has 1 spiro atoms. The van der Waals surface area contributed by atoms with Crippen molar-refractivity contribution in [1.29, 1.82) is 0 Å². The van der Waals surface area contributed by atoms with Crippen molar-refractivity contribution in [1.82, 2.24) is 5.43 Å². The van der Waals surface area contributed by atoms with Crippen LogP contribution in [0.2, 0.25) is 5.02 Å². The average Bonchev–Trinajstić information content (AvgIpc) is 2.69. The lowest BCUT2D eigenvalue weighted by Crippen LogP contribution is -2.41. The number of nitrogens with zero attached hydrogens (tertiary/aromatic N) is 1. The van der Waals surface area contributed by atoms with Crippen LogP contribution in [-0.2, 0) is 4.79 Å². The highest BCUT2D eigenvalue weighted by Gasteiger charge is 2.52. The number of halogens is 1. The van der Waals surface area contributed by atoms with Crippen LogP contribution in [-0.4, -0.2) is 16.4 Å². The number of hydrazine groups is 1. The first-order valence-corrected chi connectivity index (χ1v) is 8.16. The Morgan fingerprint density at radius 2 is 1.95 bits per heavy atom. The lowest BCUT2D eigenvalue weighted by atomic mass is 9.93. The predicted octanol–water partition coefficient (Wildman–Crippen LogP) is 3.92. The van der Waals surface area contributed by atoms with Crippen molar-refractivity contribution >= 4 is 35.0 Å². The molecule has 0 radical (unpaired) electrons. The molecule has 0 unspecified atom stereocenters. The Labute approximate surface area is 134 Å². The van der Waals surface area contributed by atoms with Crippen molar-refractivity contribution < 1.29 is 4.79 Å². The first-order valence-electron chi connectivity index (χ1n) is 6.79. The van der Waals surface area contributed by atoms with Gasteiger partial charge in [-0.15, -0.1) is 11.8 Å². The average molecular weight is 321 g/mol. The van der Waals surface area contributed by atoms with Gasteiger partial charge in [0, 0.05) is 10.8 Å². The first-order chi connectivity index (χ1) is 9.94. The number of carbonyl (C=O) groups excluding carboxylic acids is 1. The summed E-state index contributed by atoms with van der Waals surface area (Å²) in [5.41, 5.74) is 7.32. The van der Waals surface area contributed by atoms with E-state index in [0.717, 1.165) is 23.6 Å². The second-order valence-electron chi connectivity index (χ2n) is 5.56. The summed E-state index contributed by atoms with van der Waals surface area (Å²) in [6.45, 7) is 8.32. The number of allylic oxidation sites excluding steroid dienone is 1. The molecule has 3 nitrogen and oxygen atoms in total. The Bertz CT molecular complexity index is 653. The van der Waals surface area contributed by atoms with Gasteiger partial charge in [0.05, 0.1) is 11.4 Å². The van der Waals surface area contributed by atoms with Crippen LogP contribution < -0.4 is 10.4 Å². The Morgan fingerprint density at radius 1 is 1.29 bits per heavy atom. The molecule has 1 aromatic carbocycles. The van der Waals surface area contributed by atoms with Crippen LogP contribution in [0.1, 0.15) is 20.3 Å². The monoisotopic (exact) mass is 320 g/mol. The van der Waals surface area contributed by atoms with Gasteiger partial charge in [-0.3, -0.25) is 10.2 Å². The number of hydrogen-bond acceptors (Lipinski definition) is 3. The van der Waals surface area contributed by atoms with Gasteiger partial charge in [0.1, 0.15) is 4.75 Å². The molecule has 1 atom stereocenters. The molecule has 2 aliphatic rings. The highest BCUT2D eigenvalue weighted by atomic mass is 35.5. The van der Waals surface area contributed by atoms with Crippen LogP contribution in [0.3, 0.4) is 0 Å². The minimum atomic E-state index is -0.580. The molecule has 0 aliphatic carbocycles. The third kappa shape index (κ3) is 2.27. The number of nitrogens with one attached hydrogen (secondary N) is 1. The van der Waals surface area contributed by atoms with E-state index in [9.17, 15) is 4.79 Å². The molecule has 2 heterocycles. The van der Waals surface area contributed by atoms with E-state index in [0.29, 0.717) is 5.02 Å². The third-order valence-corrected chi connectivity index (χ3v) is 6.03. The van der Waals surface area contributed by atoms with Crippen LogP contribution in [0.5, 0.6) is 0 Å². The highest BCUT2D eigenvalue weighted by molar-refractivity contribution is 8.01. The van der Waals surface area contributed by atoms with Crippen LogP contribution in [0, 0.1) is 0 Å². The van der Waals surface area contributed by atoms with Gasteiger partial charge in [-0.1, -0.05) is 29.3 Å². The predicted molar refractivity (Wildman–Crippen MR) is 89.4 cm³/mol. The van der Waals surface area contributed by atoms with Gasteiger partial charge in [-0.05, 0) is 44.5 Å². The van der Waals surface area contributed by atoms with E-state index in [4.69, 9.17) is 11.6 Å². The normalized spacial score (nSPS) is 25.8. The van der Waals surface area contributed by atoms with Gasteiger partial charge in [0.15, 0.2) is 0 Å². The molecule has 2 aliphatic heterocycles. The first kappa shape index (κ1) is 14.5. The molecule has 3 rings (SSSR count). The maximum absolute atomic E-state index is 13.0. The quantitative estimate of drug-likeness (QED) is 0.796. The fourth-order valence-electron chi connectivity index (χ4n) is 2.62. The Balaban J connectivity index is 1.95. The summed E-state index contributed by atoms with van der Waals surface area (Å²) < 4.78 is -0.580. The number of rotatable bonds is 1. The molecule has 21 heavy (non-hydrogen) atoms. The largest absolute Gasteiger partial charge is 0.294 e. The highest BCUT2D eigenvalue weighted by Crippen LogP contribution is 2.47. The zero-order valence-electron chi connectivity index (χ0n) is 12.1. The van der Waals surface area contributed by atoms with Crippen molar-refractivity contribution in [2.45, 2.75) is 25.0 Å². The number of anilines is 1. The van der Waals surface area contributed by atoms with Gasteiger partial charge in [0.25, 0.3) is 5.91 Å². The zero-order valence-corrected chi connectivity index (χ0v) is 13.6. The number of benzene rings is 1. The van der Waals surface area contributed by atoms with E-state index in [2.05, 4.69) is 25.9 Å². The Kier molecular flexibility index (Phi) is 3.54. The fourth-order valence-corrected chi connectivity index (χ4v) is 4.21. The van der Waals surface area contributed by atoms with Gasteiger partial charge >= 0.3 is 0 Å². The molecule has 5 heteroatoms. The van der Waals surface area contributed by atoms with Gasteiger partial charge in [-0.25, -0.2) is 5.01 Å². The van der Waals surface area contributed by atoms with Crippen LogP contribution >= 0.6 is 23.4 Å². The summed E-state index contributed by atoms with van der Waals surface area (Å²) in [6, 6.07) is 7.23.